The second-order valence-corrected chi connectivity index (χ2v) is 11.0. The van der Waals surface area contributed by atoms with Gasteiger partial charge < -0.3 is 9.73 Å². The van der Waals surface area contributed by atoms with Gasteiger partial charge >= 0.3 is 0 Å². The number of rotatable bonds is 6. The predicted octanol–water partition coefficient (Wildman–Crippen LogP) is 1.45. The third kappa shape index (κ3) is 4.98. The molecule has 31 heavy (non-hydrogen) atoms. The highest BCUT2D eigenvalue weighted by atomic mass is 32.2. The summed E-state index contributed by atoms with van der Waals surface area (Å²) < 4.78 is 55.6. The fourth-order valence-electron chi connectivity index (χ4n) is 3.19. The normalized spacial score (nSPS) is 18.0. The molecule has 1 amide bonds. The Morgan fingerprint density at radius 2 is 1.90 bits per heavy atom. The van der Waals surface area contributed by atoms with Crippen LogP contribution in [-0.4, -0.2) is 50.5 Å². The number of amides is 1. The van der Waals surface area contributed by atoms with E-state index < -0.39 is 31.8 Å². The fourth-order valence-corrected chi connectivity index (χ4v) is 6.24. The van der Waals surface area contributed by atoms with E-state index >= 15 is 0 Å². The Bertz CT molecular complexity index is 1300. The fraction of sp³-hybridized carbons (Fsp3) is 0.211. The molecular formula is C19H18N4O6S2. The Morgan fingerprint density at radius 3 is 2.55 bits per heavy atom. The summed E-state index contributed by atoms with van der Waals surface area (Å²) in [5.74, 6) is -0.364. The maximum atomic E-state index is 12.5. The Morgan fingerprint density at radius 1 is 1.13 bits per heavy atom. The number of anilines is 1. The molecule has 3 aromatic rings. The van der Waals surface area contributed by atoms with Gasteiger partial charge in [-0.05, 0) is 48.9 Å². The third-order valence-electron chi connectivity index (χ3n) is 4.71. The first-order valence-electron chi connectivity index (χ1n) is 9.23. The van der Waals surface area contributed by atoms with Crippen molar-refractivity contribution in [2.75, 3.05) is 16.8 Å². The van der Waals surface area contributed by atoms with Crippen LogP contribution in [0.5, 0.6) is 0 Å². The Hall–Kier alpha value is -3.09. The molecule has 0 bridgehead atoms. The molecule has 0 radical (unpaired) electrons. The molecular weight excluding hydrogens is 444 g/mol. The van der Waals surface area contributed by atoms with Gasteiger partial charge in [0.25, 0.3) is 5.91 Å². The highest BCUT2D eigenvalue weighted by Crippen LogP contribution is 2.21. The molecule has 0 unspecified atom stereocenters. The van der Waals surface area contributed by atoms with Gasteiger partial charge in [0.15, 0.2) is 9.84 Å². The molecule has 1 aromatic heterocycles. The number of benzene rings is 2. The predicted molar refractivity (Wildman–Crippen MR) is 112 cm³/mol. The van der Waals surface area contributed by atoms with Gasteiger partial charge in [-0.1, -0.05) is 6.07 Å². The average molecular weight is 463 g/mol. The topological polar surface area (TPSA) is 148 Å². The van der Waals surface area contributed by atoms with Crippen molar-refractivity contribution in [3.05, 3.63) is 60.5 Å². The lowest BCUT2D eigenvalue weighted by molar-refractivity contribution is 0.102. The molecule has 10 nitrogen and oxygen atoms in total. The van der Waals surface area contributed by atoms with E-state index in [1.807, 2.05) is 0 Å². The smallest absolute Gasteiger partial charge is 0.255 e. The maximum Gasteiger partial charge on any atom is 0.255 e. The van der Waals surface area contributed by atoms with Gasteiger partial charge in [-0.15, -0.1) is 10.2 Å². The summed E-state index contributed by atoms with van der Waals surface area (Å²) >= 11 is 0. The van der Waals surface area contributed by atoms with Gasteiger partial charge in [-0.25, -0.2) is 21.6 Å². The van der Waals surface area contributed by atoms with Gasteiger partial charge in [-0.2, -0.15) is 0 Å². The highest BCUT2D eigenvalue weighted by Gasteiger charge is 2.31. The summed E-state index contributed by atoms with van der Waals surface area (Å²) in [4.78, 5) is 12.5. The number of carbonyl (C=O) groups excluding carboxylic acids is 1. The maximum absolute atomic E-state index is 12.5. The Labute approximate surface area is 178 Å². The Balaban J connectivity index is 1.44. The van der Waals surface area contributed by atoms with E-state index in [4.69, 9.17) is 4.42 Å². The molecule has 2 aromatic carbocycles. The van der Waals surface area contributed by atoms with E-state index in [0.717, 1.165) is 0 Å². The summed E-state index contributed by atoms with van der Waals surface area (Å²) in [6.07, 6.45) is 1.45. The molecule has 162 valence electrons. The second-order valence-electron chi connectivity index (χ2n) is 7.02. The zero-order valence-electron chi connectivity index (χ0n) is 16.1. The van der Waals surface area contributed by atoms with Crippen molar-refractivity contribution in [2.24, 2.45) is 0 Å². The number of sulfone groups is 1. The zero-order chi connectivity index (χ0) is 22.1. The van der Waals surface area contributed by atoms with Crippen LogP contribution in [0.2, 0.25) is 0 Å². The molecule has 1 aliphatic rings. The summed E-state index contributed by atoms with van der Waals surface area (Å²) in [7, 11) is -7.10. The van der Waals surface area contributed by atoms with Gasteiger partial charge in [-0.3, -0.25) is 4.79 Å². The van der Waals surface area contributed by atoms with Gasteiger partial charge in [0.2, 0.25) is 22.3 Å². The van der Waals surface area contributed by atoms with Crippen LogP contribution in [-0.2, 0) is 19.9 Å². The van der Waals surface area contributed by atoms with Crippen LogP contribution in [0.1, 0.15) is 16.8 Å². The van der Waals surface area contributed by atoms with E-state index in [2.05, 4.69) is 20.2 Å². The molecule has 1 atom stereocenters. The number of sulfonamides is 1. The van der Waals surface area contributed by atoms with Gasteiger partial charge in [0, 0.05) is 22.9 Å². The van der Waals surface area contributed by atoms with Crippen molar-refractivity contribution in [1.82, 2.24) is 14.9 Å². The Kier molecular flexibility index (Phi) is 5.60. The monoisotopic (exact) mass is 462 g/mol. The molecule has 0 aliphatic carbocycles. The van der Waals surface area contributed by atoms with Gasteiger partial charge in [0.05, 0.1) is 16.4 Å². The van der Waals surface area contributed by atoms with Crippen LogP contribution < -0.4 is 10.0 Å². The van der Waals surface area contributed by atoms with Crippen LogP contribution in [0.4, 0.5) is 5.69 Å². The first-order chi connectivity index (χ1) is 14.7. The van der Waals surface area contributed by atoms with E-state index in [1.54, 1.807) is 24.3 Å². The van der Waals surface area contributed by atoms with Crippen LogP contribution >= 0.6 is 0 Å². The van der Waals surface area contributed by atoms with Crippen molar-refractivity contribution in [2.45, 2.75) is 17.4 Å². The van der Waals surface area contributed by atoms with Crippen LogP contribution in [0, 0.1) is 0 Å². The van der Waals surface area contributed by atoms with Crippen molar-refractivity contribution in [3.63, 3.8) is 0 Å². The molecule has 0 spiro atoms. The quantitative estimate of drug-likeness (QED) is 0.559. The second kappa shape index (κ2) is 8.21. The molecule has 1 saturated heterocycles. The number of nitrogens with zero attached hydrogens (tertiary/aromatic N) is 2. The van der Waals surface area contributed by atoms with Crippen molar-refractivity contribution in [1.29, 1.82) is 0 Å². The molecule has 12 heteroatoms. The highest BCUT2D eigenvalue weighted by molar-refractivity contribution is 7.92. The minimum absolute atomic E-state index is 0.0347. The number of nitrogens with one attached hydrogen (secondary N) is 2. The first kappa shape index (κ1) is 21.2. The standard InChI is InChI=1S/C19H18N4O6S2/c24-18(21-15-3-1-2-14(10-15)19-22-20-12-29-19)13-4-6-17(7-5-13)31(27,28)23-16-8-9-30(25,26)11-16/h1-7,10,12,16,23H,8-9,11H2,(H,21,24)/t16-/m1/s1. The minimum atomic E-state index is -3.90. The summed E-state index contributed by atoms with van der Waals surface area (Å²) in [5, 5.41) is 10.2. The summed E-state index contributed by atoms with van der Waals surface area (Å²) in [6.45, 7) is 0. The number of carbonyl (C=O) groups is 1. The minimum Gasteiger partial charge on any atom is -0.423 e. The van der Waals surface area contributed by atoms with Crippen LogP contribution in [0.15, 0.2) is 64.2 Å². The lowest BCUT2D eigenvalue weighted by atomic mass is 10.1. The number of hydrogen-bond donors (Lipinski definition) is 2. The average Bonchev–Trinajstić information content (AvgIpc) is 3.38. The number of hydrogen-bond acceptors (Lipinski definition) is 8. The lowest BCUT2D eigenvalue weighted by Crippen LogP contribution is -2.35. The molecule has 2 heterocycles. The largest absolute Gasteiger partial charge is 0.423 e. The van der Waals surface area contributed by atoms with E-state index in [1.165, 1.54) is 30.7 Å². The first-order valence-corrected chi connectivity index (χ1v) is 12.5. The third-order valence-corrected chi connectivity index (χ3v) is 8.01. The van der Waals surface area contributed by atoms with Crippen LogP contribution in [0.25, 0.3) is 11.5 Å². The van der Waals surface area contributed by atoms with Gasteiger partial charge in [0.1, 0.15) is 0 Å². The van der Waals surface area contributed by atoms with E-state index in [-0.39, 0.29) is 28.4 Å². The lowest BCUT2D eigenvalue weighted by Gasteiger charge is -2.12. The number of aromatic nitrogens is 2. The van der Waals surface area contributed by atoms with Crippen LogP contribution in [0.3, 0.4) is 0 Å². The molecule has 2 N–H and O–H groups in total. The molecule has 1 fully saturated rings. The van der Waals surface area contributed by atoms with Crippen molar-refractivity contribution < 1.29 is 26.0 Å². The van der Waals surface area contributed by atoms with Crippen molar-refractivity contribution >= 4 is 31.5 Å². The molecule has 1 aliphatic heterocycles. The van der Waals surface area contributed by atoms with Crippen molar-refractivity contribution in [3.8, 4) is 11.5 Å². The zero-order valence-corrected chi connectivity index (χ0v) is 17.7. The summed E-state index contributed by atoms with van der Waals surface area (Å²) in [5.41, 5.74) is 1.39. The summed E-state index contributed by atoms with van der Waals surface area (Å²) in [6, 6.07) is 11.6. The van der Waals surface area contributed by atoms with E-state index in [9.17, 15) is 21.6 Å². The SMILES string of the molecule is O=C(Nc1cccc(-c2nnco2)c1)c1ccc(S(=O)(=O)N[C@@H]2CCS(=O)(=O)C2)cc1. The molecule has 4 rings (SSSR count). The molecule has 0 saturated carbocycles. The van der Waals surface area contributed by atoms with E-state index in [0.29, 0.717) is 17.1 Å².